The maximum atomic E-state index is 11.5. The van der Waals surface area contributed by atoms with Crippen LogP contribution in [0, 0.1) is 51.2 Å². The van der Waals surface area contributed by atoms with Crippen molar-refractivity contribution in [2.75, 3.05) is 6.61 Å². The zero-order chi connectivity index (χ0) is 25.3. The Hall–Kier alpha value is -0.420. The van der Waals surface area contributed by atoms with Gasteiger partial charge in [-0.25, -0.2) is 0 Å². The molecule has 0 bridgehead atoms. The summed E-state index contributed by atoms with van der Waals surface area (Å²) in [5.74, 6) is 1.45. The average Bonchev–Trinajstić information content (AvgIpc) is 2.99. The standard InChI is InChI=1S/C30H52O4/c1-18(2)8-10-22(32)19(3)26-23(33)16-30(7)21-9-11-24-27(4,20(21)12-15-29(26,30)6)14-13-25(34)28(24,5)17-31/h12,18-19,21-26,31-34H,8-11,13-17H2,1-7H3/t19-,21-,22+,23+,24-,25+,26+,27-,28+,29-,30+/m1/s1. The van der Waals surface area contributed by atoms with E-state index in [-0.39, 0.29) is 52.8 Å². The van der Waals surface area contributed by atoms with E-state index in [4.69, 9.17) is 0 Å². The number of aliphatic hydroxyl groups excluding tert-OH is 4. The van der Waals surface area contributed by atoms with E-state index in [1.54, 1.807) is 0 Å². The molecule has 196 valence electrons. The SMILES string of the molecule is CC(C)CC[C@H](O)[C@@H](C)[C@H]1[C@@H](O)C[C@@]2(C)[C@@H]3CC[C@H]4[C@](C)(CO)[C@@H](O)CC[C@]4(C)C3=CC[C@]12C. The van der Waals surface area contributed by atoms with Gasteiger partial charge in [0.2, 0.25) is 0 Å². The number of hydrogen-bond donors (Lipinski definition) is 4. The lowest BCUT2D eigenvalue weighted by molar-refractivity contribution is -0.144. The highest BCUT2D eigenvalue weighted by Gasteiger charge is 2.68. The molecule has 0 aromatic rings. The van der Waals surface area contributed by atoms with Gasteiger partial charge < -0.3 is 20.4 Å². The molecule has 3 fully saturated rings. The van der Waals surface area contributed by atoms with E-state index >= 15 is 0 Å². The molecule has 3 saturated carbocycles. The zero-order valence-electron chi connectivity index (χ0n) is 22.8. The van der Waals surface area contributed by atoms with Crippen LogP contribution in [0.4, 0.5) is 0 Å². The Labute approximate surface area is 208 Å². The molecule has 0 spiro atoms. The smallest absolute Gasteiger partial charge is 0.0619 e. The van der Waals surface area contributed by atoms with Crippen LogP contribution in [0.2, 0.25) is 0 Å². The van der Waals surface area contributed by atoms with Gasteiger partial charge in [0.1, 0.15) is 0 Å². The molecule has 0 radical (unpaired) electrons. The van der Waals surface area contributed by atoms with Crippen molar-refractivity contribution in [2.24, 2.45) is 51.2 Å². The molecule has 4 aliphatic rings. The van der Waals surface area contributed by atoms with Crippen molar-refractivity contribution in [2.45, 2.75) is 118 Å². The summed E-state index contributed by atoms with van der Waals surface area (Å²) in [6.07, 6.45) is 8.68. The number of fused-ring (bicyclic) bond motifs is 5. The third-order valence-corrected chi connectivity index (χ3v) is 12.2. The molecule has 0 unspecified atom stereocenters. The van der Waals surface area contributed by atoms with Crippen LogP contribution in [0.15, 0.2) is 11.6 Å². The van der Waals surface area contributed by atoms with Crippen molar-refractivity contribution in [3.63, 3.8) is 0 Å². The Morgan fingerprint density at radius 1 is 0.971 bits per heavy atom. The Morgan fingerprint density at radius 2 is 1.65 bits per heavy atom. The minimum Gasteiger partial charge on any atom is -0.396 e. The number of rotatable bonds is 6. The first kappa shape index (κ1) is 26.6. The van der Waals surface area contributed by atoms with E-state index in [0.717, 1.165) is 51.4 Å². The predicted molar refractivity (Wildman–Crippen MR) is 137 cm³/mol. The second kappa shape index (κ2) is 8.85. The van der Waals surface area contributed by atoms with Crippen LogP contribution < -0.4 is 0 Å². The van der Waals surface area contributed by atoms with Gasteiger partial charge in [-0.1, -0.05) is 60.1 Å². The Balaban J connectivity index is 1.67. The van der Waals surface area contributed by atoms with Crippen LogP contribution in [-0.4, -0.2) is 45.3 Å². The maximum Gasteiger partial charge on any atom is 0.0619 e. The predicted octanol–water partition coefficient (Wildman–Crippen LogP) is 5.33. The molecule has 0 aromatic carbocycles. The number of hydrogen-bond acceptors (Lipinski definition) is 4. The van der Waals surface area contributed by atoms with E-state index in [9.17, 15) is 20.4 Å². The average molecular weight is 477 g/mol. The molecule has 4 rings (SSSR count). The van der Waals surface area contributed by atoms with Crippen LogP contribution in [0.1, 0.15) is 99.8 Å². The lowest BCUT2D eigenvalue weighted by Gasteiger charge is -2.64. The van der Waals surface area contributed by atoms with Gasteiger partial charge in [0.05, 0.1) is 24.9 Å². The highest BCUT2D eigenvalue weighted by atomic mass is 16.3. The highest BCUT2D eigenvalue weighted by Crippen LogP contribution is 2.73. The second-order valence-corrected chi connectivity index (χ2v) is 14.2. The first-order valence-corrected chi connectivity index (χ1v) is 14.1. The van der Waals surface area contributed by atoms with Gasteiger partial charge in [-0.05, 0) is 97.2 Å². The fraction of sp³-hybridized carbons (Fsp3) is 0.933. The third-order valence-electron chi connectivity index (χ3n) is 12.2. The monoisotopic (exact) mass is 476 g/mol. The first-order valence-electron chi connectivity index (χ1n) is 14.1. The summed E-state index contributed by atoms with van der Waals surface area (Å²) in [4.78, 5) is 0. The molecule has 0 saturated heterocycles. The molecule has 4 aliphatic carbocycles. The van der Waals surface area contributed by atoms with Crippen molar-refractivity contribution in [1.82, 2.24) is 0 Å². The maximum absolute atomic E-state index is 11.5. The summed E-state index contributed by atoms with van der Waals surface area (Å²) >= 11 is 0. The van der Waals surface area contributed by atoms with Gasteiger partial charge in [0.25, 0.3) is 0 Å². The summed E-state index contributed by atoms with van der Waals surface area (Å²) in [5, 5.41) is 43.8. The topological polar surface area (TPSA) is 80.9 Å². The minimum atomic E-state index is -0.451. The molecular weight excluding hydrogens is 424 g/mol. The van der Waals surface area contributed by atoms with E-state index in [0.29, 0.717) is 11.8 Å². The first-order chi connectivity index (χ1) is 15.8. The fourth-order valence-corrected chi connectivity index (χ4v) is 9.80. The molecule has 34 heavy (non-hydrogen) atoms. The van der Waals surface area contributed by atoms with Gasteiger partial charge in [0.15, 0.2) is 0 Å². The highest BCUT2D eigenvalue weighted by molar-refractivity contribution is 5.33. The summed E-state index contributed by atoms with van der Waals surface area (Å²) in [5.41, 5.74) is 1.03. The molecular formula is C30H52O4. The van der Waals surface area contributed by atoms with Crippen molar-refractivity contribution < 1.29 is 20.4 Å². The lowest BCUT2D eigenvalue weighted by Crippen LogP contribution is -2.59. The van der Waals surface area contributed by atoms with Crippen LogP contribution in [-0.2, 0) is 0 Å². The van der Waals surface area contributed by atoms with E-state index in [1.807, 2.05) is 0 Å². The molecule has 4 nitrogen and oxygen atoms in total. The van der Waals surface area contributed by atoms with Crippen molar-refractivity contribution in [3.05, 3.63) is 11.6 Å². The van der Waals surface area contributed by atoms with Gasteiger partial charge in [-0.2, -0.15) is 0 Å². The zero-order valence-corrected chi connectivity index (χ0v) is 22.8. The summed E-state index contributed by atoms with van der Waals surface area (Å²) < 4.78 is 0. The third kappa shape index (κ3) is 3.60. The van der Waals surface area contributed by atoms with Gasteiger partial charge >= 0.3 is 0 Å². The Bertz CT molecular complexity index is 793. The van der Waals surface area contributed by atoms with Crippen LogP contribution in [0.3, 0.4) is 0 Å². The second-order valence-electron chi connectivity index (χ2n) is 14.2. The minimum absolute atomic E-state index is 0.00456. The van der Waals surface area contributed by atoms with E-state index < -0.39 is 11.5 Å². The molecule has 0 aromatic heterocycles. The molecule has 0 amide bonds. The fourth-order valence-electron chi connectivity index (χ4n) is 9.80. The molecule has 4 N–H and O–H groups in total. The normalized spacial score (nSPS) is 50.2. The Morgan fingerprint density at radius 3 is 2.26 bits per heavy atom. The summed E-state index contributed by atoms with van der Waals surface area (Å²) in [6.45, 7) is 15.9. The summed E-state index contributed by atoms with van der Waals surface area (Å²) in [7, 11) is 0. The summed E-state index contributed by atoms with van der Waals surface area (Å²) in [6, 6.07) is 0. The van der Waals surface area contributed by atoms with Crippen LogP contribution in [0.5, 0.6) is 0 Å². The molecule has 0 heterocycles. The lowest BCUT2D eigenvalue weighted by atomic mass is 9.41. The van der Waals surface area contributed by atoms with Gasteiger partial charge in [-0.15, -0.1) is 0 Å². The Kier molecular flexibility index (Phi) is 6.94. The van der Waals surface area contributed by atoms with Crippen molar-refractivity contribution >= 4 is 0 Å². The van der Waals surface area contributed by atoms with Gasteiger partial charge in [0, 0.05) is 5.41 Å². The van der Waals surface area contributed by atoms with Crippen LogP contribution >= 0.6 is 0 Å². The van der Waals surface area contributed by atoms with Crippen molar-refractivity contribution in [1.29, 1.82) is 0 Å². The molecule has 11 atom stereocenters. The largest absolute Gasteiger partial charge is 0.396 e. The number of aliphatic hydroxyl groups is 4. The quantitative estimate of drug-likeness (QED) is 0.391. The van der Waals surface area contributed by atoms with Crippen LogP contribution in [0.25, 0.3) is 0 Å². The van der Waals surface area contributed by atoms with Crippen molar-refractivity contribution in [3.8, 4) is 0 Å². The van der Waals surface area contributed by atoms with Gasteiger partial charge in [-0.3, -0.25) is 0 Å². The molecule has 0 aliphatic heterocycles. The number of allylic oxidation sites excluding steroid dienone is 2. The molecule has 4 heteroatoms. The van der Waals surface area contributed by atoms with E-state index in [2.05, 4.69) is 54.5 Å². The van der Waals surface area contributed by atoms with E-state index in [1.165, 1.54) is 5.57 Å².